The van der Waals surface area contributed by atoms with Gasteiger partial charge in [-0.1, -0.05) is 11.3 Å². The average Bonchev–Trinajstić information content (AvgIpc) is 3.20. The van der Waals surface area contributed by atoms with Crippen molar-refractivity contribution < 1.29 is 14.3 Å². The molecule has 4 heterocycles. The highest BCUT2D eigenvalue weighted by molar-refractivity contribution is 7.22. The second kappa shape index (κ2) is 4.47. The number of carbonyl (C=O) groups is 1. The summed E-state index contributed by atoms with van der Waals surface area (Å²) >= 11 is 1.52. The van der Waals surface area contributed by atoms with Crippen LogP contribution in [0, 0.1) is 0 Å². The van der Waals surface area contributed by atoms with Crippen molar-refractivity contribution >= 4 is 32.7 Å². The molecule has 2 N–H and O–H groups in total. The van der Waals surface area contributed by atoms with Gasteiger partial charge in [0.2, 0.25) is 6.79 Å². The minimum Gasteiger partial charge on any atom is -0.454 e. The number of nitrogens with one attached hydrogen (secondary N) is 2. The van der Waals surface area contributed by atoms with Gasteiger partial charge in [0.05, 0.1) is 16.8 Å². The molecule has 0 unspecified atom stereocenters. The van der Waals surface area contributed by atoms with Crippen molar-refractivity contribution in [2.24, 2.45) is 0 Å². The summed E-state index contributed by atoms with van der Waals surface area (Å²) in [4.78, 5) is 18.8. The number of anilines is 1. The Kier molecular flexibility index (Phi) is 2.53. The molecular formula is C14H14N4O3S. The third-order valence-corrected chi connectivity index (χ3v) is 5.42. The molecule has 0 radical (unpaired) electrons. The molecule has 3 aliphatic rings. The van der Waals surface area contributed by atoms with Crippen molar-refractivity contribution in [1.82, 2.24) is 15.6 Å². The van der Waals surface area contributed by atoms with Crippen LogP contribution in [0.25, 0.3) is 10.2 Å². The van der Waals surface area contributed by atoms with Crippen molar-refractivity contribution in [3.63, 3.8) is 0 Å². The van der Waals surface area contributed by atoms with Gasteiger partial charge in [0, 0.05) is 6.54 Å². The predicted octanol–water partition coefficient (Wildman–Crippen LogP) is 1.29. The number of hydrogen-bond donors (Lipinski definition) is 2. The van der Waals surface area contributed by atoms with E-state index in [0.717, 1.165) is 40.6 Å². The van der Waals surface area contributed by atoms with E-state index in [2.05, 4.69) is 15.6 Å². The molecule has 0 spiro atoms. The normalized spacial score (nSPS) is 26.4. The van der Waals surface area contributed by atoms with Crippen molar-refractivity contribution in [2.45, 2.75) is 18.5 Å². The van der Waals surface area contributed by atoms with Gasteiger partial charge in [0.25, 0.3) is 0 Å². The Morgan fingerprint density at radius 2 is 2.32 bits per heavy atom. The number of amides is 2. The van der Waals surface area contributed by atoms with Crippen LogP contribution in [0.15, 0.2) is 12.1 Å². The highest BCUT2D eigenvalue weighted by Gasteiger charge is 2.42. The fourth-order valence-electron chi connectivity index (χ4n) is 3.36. The van der Waals surface area contributed by atoms with Gasteiger partial charge < -0.3 is 20.1 Å². The lowest BCUT2D eigenvalue weighted by Gasteiger charge is -2.28. The van der Waals surface area contributed by atoms with Crippen LogP contribution in [-0.4, -0.2) is 43.0 Å². The zero-order chi connectivity index (χ0) is 14.7. The minimum atomic E-state index is -0.0634. The summed E-state index contributed by atoms with van der Waals surface area (Å²) in [6, 6.07) is 4.12. The van der Waals surface area contributed by atoms with Crippen LogP contribution in [0.1, 0.15) is 6.42 Å². The second-order valence-electron chi connectivity index (χ2n) is 5.63. The van der Waals surface area contributed by atoms with Crippen molar-refractivity contribution in [2.75, 3.05) is 24.8 Å². The molecule has 2 amide bonds. The standard InChI is InChI=1S/C14H14N4O3S/c19-13-16-7-5-15-4-3-8(7)18(13)14-17-11-10(22-14)2-1-9-12(11)21-6-20-9/h1-2,7-8,15H,3-6H2,(H,16,19)/t7-,8+/m0/s1. The van der Waals surface area contributed by atoms with E-state index in [9.17, 15) is 4.79 Å². The van der Waals surface area contributed by atoms with Gasteiger partial charge in [-0.15, -0.1) is 0 Å². The first kappa shape index (κ1) is 12.5. The molecule has 2 fully saturated rings. The van der Waals surface area contributed by atoms with E-state index in [0.29, 0.717) is 5.75 Å². The maximum absolute atomic E-state index is 12.3. The quantitative estimate of drug-likeness (QED) is 0.828. The summed E-state index contributed by atoms with van der Waals surface area (Å²) in [6.45, 7) is 1.95. The maximum atomic E-state index is 12.3. The lowest BCUT2D eigenvalue weighted by Crippen LogP contribution is -2.49. The van der Waals surface area contributed by atoms with Crippen molar-refractivity contribution in [1.29, 1.82) is 0 Å². The number of aromatic nitrogens is 1. The second-order valence-corrected chi connectivity index (χ2v) is 6.64. The molecule has 0 aliphatic carbocycles. The first-order valence-corrected chi connectivity index (χ1v) is 8.12. The highest BCUT2D eigenvalue weighted by atomic mass is 32.1. The Morgan fingerprint density at radius 1 is 1.36 bits per heavy atom. The van der Waals surface area contributed by atoms with Crippen LogP contribution in [0.3, 0.4) is 0 Å². The number of rotatable bonds is 1. The Labute approximate surface area is 130 Å². The Balaban J connectivity index is 1.60. The highest BCUT2D eigenvalue weighted by Crippen LogP contribution is 2.43. The molecule has 2 atom stereocenters. The number of nitrogens with zero attached hydrogens (tertiary/aromatic N) is 2. The van der Waals surface area contributed by atoms with E-state index in [1.165, 1.54) is 11.3 Å². The fourth-order valence-corrected chi connectivity index (χ4v) is 4.38. The summed E-state index contributed by atoms with van der Waals surface area (Å²) in [5.74, 6) is 1.40. The van der Waals surface area contributed by atoms with Crippen LogP contribution in [0.4, 0.5) is 9.93 Å². The third kappa shape index (κ3) is 1.65. The number of ether oxygens (including phenoxy) is 2. The molecule has 0 saturated carbocycles. The molecule has 1 aromatic carbocycles. The summed E-state index contributed by atoms with van der Waals surface area (Å²) < 4.78 is 11.9. The minimum absolute atomic E-state index is 0.0634. The van der Waals surface area contributed by atoms with Gasteiger partial charge in [-0.3, -0.25) is 4.90 Å². The number of hydrogen-bond acceptors (Lipinski definition) is 6. The zero-order valence-electron chi connectivity index (χ0n) is 11.7. The lowest BCUT2D eigenvalue weighted by atomic mass is 10.0. The molecule has 2 saturated heterocycles. The van der Waals surface area contributed by atoms with Crippen molar-refractivity contribution in [3.05, 3.63) is 12.1 Å². The van der Waals surface area contributed by atoms with Crippen molar-refractivity contribution in [3.8, 4) is 11.5 Å². The summed E-state index contributed by atoms with van der Waals surface area (Å²) in [5.41, 5.74) is 0.778. The monoisotopic (exact) mass is 318 g/mol. The number of fused-ring (bicyclic) bond motifs is 4. The van der Waals surface area contributed by atoms with Gasteiger partial charge >= 0.3 is 6.03 Å². The van der Waals surface area contributed by atoms with Crippen LogP contribution in [0.2, 0.25) is 0 Å². The van der Waals surface area contributed by atoms with Crippen LogP contribution in [0.5, 0.6) is 11.5 Å². The predicted molar refractivity (Wildman–Crippen MR) is 81.8 cm³/mol. The van der Waals surface area contributed by atoms with E-state index in [1.807, 2.05) is 12.1 Å². The first-order valence-electron chi connectivity index (χ1n) is 7.31. The SMILES string of the molecule is O=C1N[C@H]2CNCC[C@H]2N1c1nc2c3c(ccc2s1)OCO3. The van der Waals surface area contributed by atoms with E-state index < -0.39 is 0 Å². The Bertz CT molecular complexity index is 777. The van der Waals surface area contributed by atoms with Gasteiger partial charge in [0.1, 0.15) is 5.52 Å². The van der Waals surface area contributed by atoms with E-state index >= 15 is 0 Å². The lowest BCUT2D eigenvalue weighted by molar-refractivity contribution is 0.174. The smallest absolute Gasteiger partial charge is 0.324 e. The molecule has 114 valence electrons. The molecule has 22 heavy (non-hydrogen) atoms. The number of benzene rings is 1. The van der Waals surface area contributed by atoms with Crippen LogP contribution in [-0.2, 0) is 0 Å². The summed E-state index contributed by atoms with van der Waals surface area (Å²) in [7, 11) is 0. The van der Waals surface area contributed by atoms with E-state index in [-0.39, 0.29) is 24.9 Å². The molecule has 2 aromatic rings. The maximum Gasteiger partial charge on any atom is 0.324 e. The summed E-state index contributed by atoms with van der Waals surface area (Å²) in [5, 5.41) is 7.08. The molecule has 5 rings (SSSR count). The number of thiazole rings is 1. The number of carbonyl (C=O) groups excluding carboxylic acids is 1. The van der Waals surface area contributed by atoms with Gasteiger partial charge in [-0.2, -0.15) is 0 Å². The third-order valence-electron chi connectivity index (χ3n) is 4.40. The van der Waals surface area contributed by atoms with Gasteiger partial charge in [0.15, 0.2) is 16.6 Å². The fraction of sp³-hybridized carbons (Fsp3) is 0.429. The number of urea groups is 1. The largest absolute Gasteiger partial charge is 0.454 e. The van der Waals surface area contributed by atoms with Crippen LogP contribution >= 0.6 is 11.3 Å². The van der Waals surface area contributed by atoms with Gasteiger partial charge in [-0.05, 0) is 25.1 Å². The molecule has 0 bridgehead atoms. The average molecular weight is 318 g/mol. The number of piperidine rings is 1. The molecular weight excluding hydrogens is 304 g/mol. The van der Waals surface area contributed by atoms with Gasteiger partial charge in [-0.25, -0.2) is 9.78 Å². The molecule has 7 nitrogen and oxygen atoms in total. The Hall–Kier alpha value is -2.06. The van der Waals surface area contributed by atoms with E-state index in [4.69, 9.17) is 9.47 Å². The molecule has 8 heteroatoms. The Morgan fingerprint density at radius 3 is 3.27 bits per heavy atom. The summed E-state index contributed by atoms with van der Waals surface area (Å²) in [6.07, 6.45) is 0.928. The zero-order valence-corrected chi connectivity index (χ0v) is 12.5. The van der Waals surface area contributed by atoms with Crippen LogP contribution < -0.4 is 25.0 Å². The first-order chi connectivity index (χ1) is 10.8. The van der Waals surface area contributed by atoms with E-state index in [1.54, 1.807) is 4.90 Å². The topological polar surface area (TPSA) is 75.7 Å². The molecule has 1 aromatic heterocycles. The molecule has 3 aliphatic heterocycles.